The maximum atomic E-state index is 12.8. The van der Waals surface area contributed by atoms with E-state index < -0.39 is 10.0 Å². The van der Waals surface area contributed by atoms with E-state index in [1.807, 2.05) is 12.1 Å². The zero-order valence-electron chi connectivity index (χ0n) is 13.0. The second kappa shape index (κ2) is 6.90. The van der Waals surface area contributed by atoms with Crippen LogP contribution in [0.15, 0.2) is 29.2 Å². The molecule has 0 aromatic heterocycles. The molecule has 0 radical (unpaired) electrons. The Labute approximate surface area is 128 Å². The van der Waals surface area contributed by atoms with Crippen molar-refractivity contribution in [2.75, 3.05) is 13.1 Å². The second-order valence-corrected chi connectivity index (χ2v) is 8.10. The van der Waals surface area contributed by atoms with Crippen LogP contribution in [0.3, 0.4) is 0 Å². The molecule has 0 atom stereocenters. The molecule has 0 amide bonds. The lowest BCUT2D eigenvalue weighted by atomic mass is 10.1. The Morgan fingerprint density at radius 3 is 2.33 bits per heavy atom. The SMILES string of the molecule is CC(C)CCN(C1CC1)S(=O)(=O)c1ccc(CCN)cc1. The fourth-order valence-electron chi connectivity index (χ4n) is 2.38. The van der Waals surface area contributed by atoms with Gasteiger partial charge in [0.05, 0.1) is 4.90 Å². The molecular formula is C16H26N2O2S. The normalized spacial score (nSPS) is 15.9. The van der Waals surface area contributed by atoms with Crippen molar-refractivity contribution in [2.45, 2.75) is 50.5 Å². The molecule has 0 spiro atoms. The van der Waals surface area contributed by atoms with Crippen molar-refractivity contribution in [3.8, 4) is 0 Å². The molecule has 4 nitrogen and oxygen atoms in total. The zero-order chi connectivity index (χ0) is 15.5. The summed E-state index contributed by atoms with van der Waals surface area (Å²) >= 11 is 0. The maximum absolute atomic E-state index is 12.8. The summed E-state index contributed by atoms with van der Waals surface area (Å²) in [6, 6.07) is 7.37. The van der Waals surface area contributed by atoms with Crippen molar-refractivity contribution in [3.63, 3.8) is 0 Å². The van der Waals surface area contributed by atoms with Gasteiger partial charge in [-0.15, -0.1) is 0 Å². The fourth-order valence-corrected chi connectivity index (χ4v) is 4.08. The van der Waals surface area contributed by atoms with E-state index >= 15 is 0 Å². The van der Waals surface area contributed by atoms with Gasteiger partial charge >= 0.3 is 0 Å². The lowest BCUT2D eigenvalue weighted by molar-refractivity contribution is 0.373. The topological polar surface area (TPSA) is 63.4 Å². The minimum atomic E-state index is -3.36. The van der Waals surface area contributed by atoms with Crippen LogP contribution in [0.25, 0.3) is 0 Å². The van der Waals surface area contributed by atoms with E-state index in [4.69, 9.17) is 5.73 Å². The van der Waals surface area contributed by atoms with Crippen LogP contribution < -0.4 is 5.73 Å². The van der Waals surface area contributed by atoms with E-state index in [0.717, 1.165) is 31.2 Å². The summed E-state index contributed by atoms with van der Waals surface area (Å²) in [5.74, 6) is 0.508. The summed E-state index contributed by atoms with van der Waals surface area (Å²) in [6.07, 6.45) is 3.66. The minimum Gasteiger partial charge on any atom is -0.330 e. The van der Waals surface area contributed by atoms with Gasteiger partial charge in [0, 0.05) is 12.6 Å². The van der Waals surface area contributed by atoms with Crippen molar-refractivity contribution >= 4 is 10.0 Å². The highest BCUT2D eigenvalue weighted by Gasteiger charge is 2.37. The van der Waals surface area contributed by atoms with E-state index in [-0.39, 0.29) is 6.04 Å². The molecule has 21 heavy (non-hydrogen) atoms. The van der Waals surface area contributed by atoms with Gasteiger partial charge in [-0.1, -0.05) is 26.0 Å². The first-order valence-electron chi connectivity index (χ1n) is 7.76. The summed E-state index contributed by atoms with van der Waals surface area (Å²) in [5, 5.41) is 0. The van der Waals surface area contributed by atoms with Crippen molar-refractivity contribution in [3.05, 3.63) is 29.8 Å². The van der Waals surface area contributed by atoms with Gasteiger partial charge in [0.15, 0.2) is 0 Å². The van der Waals surface area contributed by atoms with Crippen LogP contribution in [0.1, 0.15) is 38.7 Å². The summed E-state index contributed by atoms with van der Waals surface area (Å²) in [6.45, 7) is 5.45. The van der Waals surface area contributed by atoms with Gasteiger partial charge in [-0.25, -0.2) is 8.42 Å². The lowest BCUT2D eigenvalue weighted by Crippen LogP contribution is -2.34. The highest BCUT2D eigenvalue weighted by Crippen LogP contribution is 2.32. The quantitative estimate of drug-likeness (QED) is 0.802. The van der Waals surface area contributed by atoms with E-state index in [9.17, 15) is 8.42 Å². The van der Waals surface area contributed by atoms with Gasteiger partial charge in [0.1, 0.15) is 0 Å². The summed E-state index contributed by atoms with van der Waals surface area (Å²) < 4.78 is 27.3. The molecule has 2 rings (SSSR count). The Kier molecular flexibility index (Phi) is 5.41. The predicted molar refractivity (Wildman–Crippen MR) is 85.6 cm³/mol. The third kappa shape index (κ3) is 4.28. The molecule has 1 aromatic rings. The Balaban J connectivity index is 2.17. The molecule has 0 bridgehead atoms. The standard InChI is InChI=1S/C16H26N2O2S/c1-13(2)10-12-18(15-5-6-15)21(19,20)16-7-3-14(4-8-16)9-11-17/h3-4,7-8,13,15H,5-6,9-12,17H2,1-2H3. The van der Waals surface area contributed by atoms with Gasteiger partial charge < -0.3 is 5.73 Å². The number of sulfonamides is 1. The van der Waals surface area contributed by atoms with Gasteiger partial charge in [0.2, 0.25) is 10.0 Å². The van der Waals surface area contributed by atoms with E-state index in [1.54, 1.807) is 16.4 Å². The molecular weight excluding hydrogens is 284 g/mol. The van der Waals surface area contributed by atoms with Crippen LogP contribution in [0.2, 0.25) is 0 Å². The number of nitrogens with zero attached hydrogens (tertiary/aromatic N) is 1. The monoisotopic (exact) mass is 310 g/mol. The average molecular weight is 310 g/mol. The first-order chi connectivity index (χ1) is 9.95. The lowest BCUT2D eigenvalue weighted by Gasteiger charge is -2.23. The Morgan fingerprint density at radius 2 is 1.86 bits per heavy atom. The van der Waals surface area contributed by atoms with Crippen LogP contribution >= 0.6 is 0 Å². The summed E-state index contributed by atoms with van der Waals surface area (Å²) in [5.41, 5.74) is 6.60. The molecule has 1 aliphatic rings. The molecule has 2 N–H and O–H groups in total. The summed E-state index contributed by atoms with van der Waals surface area (Å²) in [4.78, 5) is 0.402. The largest absolute Gasteiger partial charge is 0.330 e. The molecule has 0 aliphatic heterocycles. The minimum absolute atomic E-state index is 0.206. The van der Waals surface area contributed by atoms with Gasteiger partial charge in [-0.2, -0.15) is 4.31 Å². The number of nitrogens with two attached hydrogens (primary N) is 1. The Bertz CT molecular complexity index is 548. The van der Waals surface area contributed by atoms with Crippen LogP contribution in [0.4, 0.5) is 0 Å². The van der Waals surface area contributed by atoms with Gasteiger partial charge in [-0.05, 0) is 55.8 Å². The van der Waals surface area contributed by atoms with Crippen molar-refractivity contribution < 1.29 is 8.42 Å². The highest BCUT2D eigenvalue weighted by atomic mass is 32.2. The van der Waals surface area contributed by atoms with Gasteiger partial charge in [0.25, 0.3) is 0 Å². The Morgan fingerprint density at radius 1 is 1.24 bits per heavy atom. The van der Waals surface area contributed by atoms with Crippen LogP contribution in [-0.4, -0.2) is 31.9 Å². The number of rotatable bonds is 8. The van der Waals surface area contributed by atoms with E-state index in [0.29, 0.717) is 23.9 Å². The highest BCUT2D eigenvalue weighted by molar-refractivity contribution is 7.89. The second-order valence-electron chi connectivity index (χ2n) is 6.21. The van der Waals surface area contributed by atoms with Crippen LogP contribution in [0, 0.1) is 5.92 Å². The first-order valence-corrected chi connectivity index (χ1v) is 9.20. The molecule has 0 heterocycles. The molecule has 1 aliphatic carbocycles. The van der Waals surface area contributed by atoms with Crippen molar-refractivity contribution in [1.29, 1.82) is 0 Å². The van der Waals surface area contributed by atoms with E-state index in [1.165, 1.54) is 0 Å². The van der Waals surface area contributed by atoms with Crippen LogP contribution in [-0.2, 0) is 16.4 Å². The first kappa shape index (κ1) is 16.5. The molecule has 118 valence electrons. The van der Waals surface area contributed by atoms with Crippen molar-refractivity contribution in [2.24, 2.45) is 11.7 Å². The molecule has 0 unspecified atom stereocenters. The number of hydrogen-bond donors (Lipinski definition) is 1. The smallest absolute Gasteiger partial charge is 0.243 e. The molecule has 1 fully saturated rings. The average Bonchev–Trinajstić information content (AvgIpc) is 3.24. The third-order valence-corrected chi connectivity index (χ3v) is 5.81. The molecule has 1 saturated carbocycles. The Hall–Kier alpha value is -0.910. The third-order valence-electron chi connectivity index (χ3n) is 3.84. The molecule has 5 heteroatoms. The molecule has 0 saturated heterocycles. The zero-order valence-corrected chi connectivity index (χ0v) is 13.8. The predicted octanol–water partition coefficient (Wildman–Crippen LogP) is 2.39. The summed E-state index contributed by atoms with van der Waals surface area (Å²) in [7, 11) is -3.36. The molecule has 1 aromatic carbocycles. The fraction of sp³-hybridized carbons (Fsp3) is 0.625. The number of hydrogen-bond acceptors (Lipinski definition) is 3. The van der Waals surface area contributed by atoms with Crippen molar-refractivity contribution in [1.82, 2.24) is 4.31 Å². The van der Waals surface area contributed by atoms with Gasteiger partial charge in [-0.3, -0.25) is 0 Å². The number of benzene rings is 1. The van der Waals surface area contributed by atoms with E-state index in [2.05, 4.69) is 13.8 Å². The van der Waals surface area contributed by atoms with Crippen LogP contribution in [0.5, 0.6) is 0 Å². The maximum Gasteiger partial charge on any atom is 0.243 e.